The number of aliphatic hydroxyl groups is 1. The van der Waals surface area contributed by atoms with Crippen LogP contribution in [0.1, 0.15) is 92.4 Å². The molecule has 6 rings (SSSR count). The predicted octanol–water partition coefficient (Wildman–Crippen LogP) is 5.31. The van der Waals surface area contributed by atoms with Crippen LogP contribution < -0.4 is 5.32 Å². The molecule has 1 unspecified atom stereocenters. The molecule has 0 bridgehead atoms. The van der Waals surface area contributed by atoms with Crippen molar-refractivity contribution < 1.29 is 48.0 Å². The van der Waals surface area contributed by atoms with Gasteiger partial charge in [-0.1, -0.05) is 37.8 Å². The van der Waals surface area contributed by atoms with Crippen LogP contribution in [0.3, 0.4) is 0 Å². The average molecular weight is 692 g/mol. The highest BCUT2D eigenvalue weighted by Crippen LogP contribution is 2.72. The number of Topliss-reactive ketones (excluding diaryl/α,β-unsaturated/α-hetero) is 1. The van der Waals surface area contributed by atoms with Gasteiger partial charge in [-0.25, -0.2) is 14.0 Å². The molecule has 1 amide bonds. The van der Waals surface area contributed by atoms with Crippen molar-refractivity contribution in [2.75, 3.05) is 11.5 Å². The summed E-state index contributed by atoms with van der Waals surface area (Å²) in [5.41, 5.74) is -5.76. The number of thioether (sulfide) groups is 1. The van der Waals surface area contributed by atoms with Gasteiger partial charge in [-0.05, 0) is 84.3 Å². The number of alkyl carbamates (subject to hydrolysis) is 1. The summed E-state index contributed by atoms with van der Waals surface area (Å²) in [5, 5.41) is 24.1. The van der Waals surface area contributed by atoms with Gasteiger partial charge in [0.1, 0.15) is 11.6 Å². The van der Waals surface area contributed by atoms with Gasteiger partial charge in [0.05, 0.1) is 18.0 Å². The molecule has 5 aliphatic carbocycles. The van der Waals surface area contributed by atoms with Gasteiger partial charge in [0.25, 0.3) is 0 Å². The molecule has 0 aromatic carbocycles. The Morgan fingerprint density at radius 1 is 1.15 bits per heavy atom. The molecular formula is C36H50FNO9S. The number of nitrogens with one attached hydrogen (secondary N) is 1. The molecule has 10 atom stereocenters. The topological polar surface area (TPSA) is 148 Å². The number of carboxylic acids is 1. The number of aliphatic carboxylic acids is 1. The van der Waals surface area contributed by atoms with E-state index < -0.39 is 70.2 Å². The molecule has 10 nitrogen and oxygen atoms in total. The van der Waals surface area contributed by atoms with Gasteiger partial charge in [0, 0.05) is 28.4 Å². The zero-order valence-electron chi connectivity index (χ0n) is 28.6. The summed E-state index contributed by atoms with van der Waals surface area (Å²) >= 11 is 1.08. The summed E-state index contributed by atoms with van der Waals surface area (Å²) in [4.78, 5) is 51.2. The number of alkyl halides is 1. The number of ether oxygens (including phenoxy) is 3. The lowest BCUT2D eigenvalue weighted by Crippen LogP contribution is -2.69. The first-order valence-electron chi connectivity index (χ1n) is 17.4. The normalized spacial score (nSPS) is 41.4. The fourth-order valence-electron chi connectivity index (χ4n) is 10.1. The van der Waals surface area contributed by atoms with Crippen LogP contribution in [0, 0.1) is 28.6 Å². The first-order valence-corrected chi connectivity index (χ1v) is 18.6. The van der Waals surface area contributed by atoms with E-state index in [1.165, 1.54) is 12.2 Å². The van der Waals surface area contributed by atoms with E-state index in [1.807, 2.05) is 6.92 Å². The Bertz CT molecular complexity index is 1410. The van der Waals surface area contributed by atoms with Gasteiger partial charge in [-0.3, -0.25) is 9.59 Å². The largest absolute Gasteiger partial charge is 0.480 e. The summed E-state index contributed by atoms with van der Waals surface area (Å²) in [6.07, 6.45) is 7.35. The number of carbonyl (C=O) groups excluding carboxylic acids is 3. The fourth-order valence-corrected chi connectivity index (χ4v) is 11.1. The van der Waals surface area contributed by atoms with Crippen molar-refractivity contribution in [1.82, 2.24) is 5.32 Å². The minimum atomic E-state index is -2.05. The fraction of sp³-hybridized carbons (Fsp3) is 0.778. The standard InChI is InChI=1S/C36H50FNO9S/c1-32(2,3)47-31(44)38-25(29(42)43)18-48-19-27(41)36-28(45-30(46-36)20-9-7-6-8-10-20)16-24-23-12-11-21-15-22(39)13-14-33(21,4)35(23,37)26(40)17-34(24,36)5/h13-15,20,23-26,28,30,40H,6-12,16-19H2,1-5H3,(H,38,44)(H,42,43)/t23-,24-,25?,26-,28+,30+,33-,34-,35-,36+/m0/s1. The molecule has 0 aromatic heterocycles. The monoisotopic (exact) mass is 691 g/mol. The quantitative estimate of drug-likeness (QED) is 0.306. The first-order chi connectivity index (χ1) is 22.5. The maximum absolute atomic E-state index is 17.8. The molecule has 12 heteroatoms. The number of halogens is 1. The maximum atomic E-state index is 17.8. The van der Waals surface area contributed by atoms with Crippen molar-refractivity contribution in [3.05, 3.63) is 23.8 Å². The lowest BCUT2D eigenvalue weighted by Gasteiger charge is -2.62. The Hall–Kier alpha value is -2.28. The second kappa shape index (κ2) is 12.5. The van der Waals surface area contributed by atoms with Gasteiger partial charge >= 0.3 is 12.1 Å². The second-order valence-corrected chi connectivity index (χ2v) is 17.3. The number of carboxylic acid groups (broad SMARTS) is 1. The summed E-state index contributed by atoms with van der Waals surface area (Å²) < 4.78 is 36.6. The molecule has 0 radical (unpaired) electrons. The lowest BCUT2D eigenvalue weighted by molar-refractivity contribution is -0.234. The third kappa shape index (κ3) is 5.57. The SMILES string of the molecule is CC(C)(C)OC(=O)NC(CSCC(=O)[C@@]12O[C@H](C3CCCCC3)O[C@@H]1C[C@H]1[C@@H]3CCC4=CC(=O)C=C[C@]4(C)[C@@]3(F)[C@@H](O)C[C@@]12C)C(=O)O. The number of rotatable bonds is 8. The number of amides is 1. The predicted molar refractivity (Wildman–Crippen MR) is 176 cm³/mol. The van der Waals surface area contributed by atoms with Crippen LogP contribution >= 0.6 is 11.8 Å². The van der Waals surface area contributed by atoms with Gasteiger partial charge in [-0.15, -0.1) is 0 Å². The van der Waals surface area contributed by atoms with E-state index in [4.69, 9.17) is 14.2 Å². The van der Waals surface area contributed by atoms with E-state index >= 15 is 4.39 Å². The molecule has 48 heavy (non-hydrogen) atoms. The Morgan fingerprint density at radius 3 is 2.52 bits per heavy atom. The number of carbonyl (C=O) groups is 4. The van der Waals surface area contributed by atoms with E-state index in [-0.39, 0.29) is 41.3 Å². The molecule has 5 fully saturated rings. The Morgan fingerprint density at radius 2 is 1.85 bits per heavy atom. The number of allylic oxidation sites excluding steroid dienone is 4. The highest BCUT2D eigenvalue weighted by molar-refractivity contribution is 8.00. The van der Waals surface area contributed by atoms with Crippen LogP contribution in [0.15, 0.2) is 23.8 Å². The van der Waals surface area contributed by atoms with Crippen LogP contribution in [0.25, 0.3) is 0 Å². The molecular weight excluding hydrogens is 641 g/mol. The third-order valence-corrected chi connectivity index (χ3v) is 13.4. The number of ketones is 2. The summed E-state index contributed by atoms with van der Waals surface area (Å²) in [5.74, 6) is -2.74. The van der Waals surface area contributed by atoms with E-state index in [2.05, 4.69) is 5.32 Å². The van der Waals surface area contributed by atoms with Crippen molar-refractivity contribution in [2.45, 2.75) is 134 Å². The van der Waals surface area contributed by atoms with Gasteiger partial charge in [0.15, 0.2) is 29.1 Å². The van der Waals surface area contributed by atoms with Crippen molar-refractivity contribution in [3.63, 3.8) is 0 Å². The van der Waals surface area contributed by atoms with Crippen LogP contribution in [-0.4, -0.2) is 86.8 Å². The van der Waals surface area contributed by atoms with Crippen molar-refractivity contribution in [3.8, 4) is 0 Å². The zero-order chi connectivity index (χ0) is 34.9. The summed E-state index contributed by atoms with van der Waals surface area (Å²) in [6.45, 7) is 8.74. The van der Waals surface area contributed by atoms with E-state index in [1.54, 1.807) is 33.8 Å². The van der Waals surface area contributed by atoms with Crippen molar-refractivity contribution >= 4 is 35.4 Å². The summed E-state index contributed by atoms with van der Waals surface area (Å²) in [6, 6.07) is -1.29. The van der Waals surface area contributed by atoms with Crippen LogP contribution in [-0.2, 0) is 28.6 Å². The van der Waals surface area contributed by atoms with Crippen LogP contribution in [0.5, 0.6) is 0 Å². The molecule has 0 spiro atoms. The molecule has 1 heterocycles. The molecule has 3 N–H and O–H groups in total. The first kappa shape index (κ1) is 35.5. The van der Waals surface area contributed by atoms with E-state index in [0.717, 1.165) is 43.9 Å². The highest BCUT2D eigenvalue weighted by atomic mass is 32.2. The lowest BCUT2D eigenvalue weighted by atomic mass is 9.44. The maximum Gasteiger partial charge on any atom is 0.408 e. The Balaban J connectivity index is 1.28. The summed E-state index contributed by atoms with van der Waals surface area (Å²) in [7, 11) is 0. The van der Waals surface area contributed by atoms with Gasteiger partial charge in [-0.2, -0.15) is 11.8 Å². The van der Waals surface area contributed by atoms with Gasteiger partial charge in [0.2, 0.25) is 0 Å². The Labute approximate surface area is 286 Å². The van der Waals surface area contributed by atoms with Crippen molar-refractivity contribution in [2.24, 2.45) is 28.6 Å². The van der Waals surface area contributed by atoms with E-state index in [0.29, 0.717) is 24.8 Å². The molecule has 1 aliphatic heterocycles. The van der Waals surface area contributed by atoms with Crippen molar-refractivity contribution in [1.29, 1.82) is 0 Å². The molecule has 4 saturated carbocycles. The number of hydrogen-bond acceptors (Lipinski definition) is 9. The average Bonchev–Trinajstić information content (AvgIpc) is 3.50. The number of fused-ring (bicyclic) bond motifs is 7. The van der Waals surface area contributed by atoms with Gasteiger partial charge < -0.3 is 29.7 Å². The highest BCUT2D eigenvalue weighted by Gasteiger charge is 2.79. The molecule has 1 saturated heterocycles. The van der Waals surface area contributed by atoms with Crippen LogP contribution in [0.2, 0.25) is 0 Å². The minimum Gasteiger partial charge on any atom is -0.480 e. The molecule has 6 aliphatic rings. The third-order valence-electron chi connectivity index (χ3n) is 12.4. The smallest absolute Gasteiger partial charge is 0.408 e. The molecule has 0 aromatic rings. The molecule has 266 valence electrons. The second-order valence-electron chi connectivity index (χ2n) is 16.2. The number of aliphatic hydroxyl groups excluding tert-OH is 1. The van der Waals surface area contributed by atoms with E-state index in [9.17, 15) is 29.4 Å². The minimum absolute atomic E-state index is 0.0269. The number of hydrogen-bond donors (Lipinski definition) is 3. The van der Waals surface area contributed by atoms with Crippen LogP contribution in [0.4, 0.5) is 9.18 Å². The zero-order valence-corrected chi connectivity index (χ0v) is 29.4. The Kier molecular flexibility index (Phi) is 9.25.